The van der Waals surface area contributed by atoms with Gasteiger partial charge in [-0.05, 0) is 24.5 Å². The van der Waals surface area contributed by atoms with Crippen LogP contribution in [0.3, 0.4) is 0 Å². The minimum atomic E-state index is 0.0667. The average molecular weight is 188 g/mol. The van der Waals surface area contributed by atoms with Crippen LogP contribution in [0, 0.1) is 11.3 Å². The van der Waals surface area contributed by atoms with Gasteiger partial charge in [0.05, 0.1) is 5.56 Å². The van der Waals surface area contributed by atoms with Gasteiger partial charge >= 0.3 is 0 Å². The smallest absolute Gasteiger partial charge is 0.140 e. The standard InChI is InChI=1S/C11H12N2O/c12-6-9-3-1-2-8-4-5-10(7-13)14-11(8)9/h1-3,10H,4-5,7,13H2. The van der Waals surface area contributed by atoms with Crippen LogP contribution in [-0.4, -0.2) is 12.6 Å². The highest BCUT2D eigenvalue weighted by atomic mass is 16.5. The zero-order valence-corrected chi connectivity index (χ0v) is 7.86. The maximum Gasteiger partial charge on any atom is 0.140 e. The maximum absolute atomic E-state index is 8.89. The van der Waals surface area contributed by atoms with Gasteiger partial charge in [0.25, 0.3) is 0 Å². The van der Waals surface area contributed by atoms with Crippen LogP contribution < -0.4 is 10.5 Å². The zero-order valence-electron chi connectivity index (χ0n) is 7.86. The number of aryl methyl sites for hydroxylation is 1. The molecule has 3 heteroatoms. The van der Waals surface area contributed by atoms with Gasteiger partial charge in [-0.3, -0.25) is 0 Å². The second kappa shape index (κ2) is 3.69. The fraction of sp³-hybridized carbons (Fsp3) is 0.364. The number of nitrogens with two attached hydrogens (primary N) is 1. The highest BCUT2D eigenvalue weighted by Gasteiger charge is 2.20. The van der Waals surface area contributed by atoms with E-state index in [-0.39, 0.29) is 6.10 Å². The Morgan fingerprint density at radius 3 is 3.14 bits per heavy atom. The molecule has 1 heterocycles. The van der Waals surface area contributed by atoms with Crippen molar-refractivity contribution in [1.82, 2.24) is 0 Å². The summed E-state index contributed by atoms with van der Waals surface area (Å²) in [4.78, 5) is 0. The number of fused-ring (bicyclic) bond motifs is 1. The SMILES string of the molecule is N#Cc1cccc2c1OC(CN)CC2. The fourth-order valence-corrected chi connectivity index (χ4v) is 1.72. The van der Waals surface area contributed by atoms with E-state index in [0.717, 1.165) is 24.2 Å². The monoisotopic (exact) mass is 188 g/mol. The lowest BCUT2D eigenvalue weighted by atomic mass is 9.99. The van der Waals surface area contributed by atoms with Gasteiger partial charge < -0.3 is 10.5 Å². The van der Waals surface area contributed by atoms with Crippen molar-refractivity contribution >= 4 is 0 Å². The van der Waals surface area contributed by atoms with E-state index in [2.05, 4.69) is 6.07 Å². The molecule has 1 unspecified atom stereocenters. The third-order valence-electron chi connectivity index (χ3n) is 2.50. The van der Waals surface area contributed by atoms with Gasteiger partial charge in [0.1, 0.15) is 17.9 Å². The molecular weight excluding hydrogens is 176 g/mol. The van der Waals surface area contributed by atoms with Crippen LogP contribution in [0.15, 0.2) is 18.2 Å². The predicted octanol–water partition coefficient (Wildman–Crippen LogP) is 1.21. The van der Waals surface area contributed by atoms with Crippen LogP contribution in [0.2, 0.25) is 0 Å². The van der Waals surface area contributed by atoms with Gasteiger partial charge in [-0.2, -0.15) is 5.26 Å². The van der Waals surface area contributed by atoms with Crippen molar-refractivity contribution in [2.24, 2.45) is 5.73 Å². The van der Waals surface area contributed by atoms with Crippen molar-refractivity contribution in [2.75, 3.05) is 6.54 Å². The first-order chi connectivity index (χ1) is 6.85. The summed E-state index contributed by atoms with van der Waals surface area (Å²) in [6, 6.07) is 7.80. The number of ether oxygens (including phenoxy) is 1. The molecule has 2 N–H and O–H groups in total. The van der Waals surface area contributed by atoms with Crippen molar-refractivity contribution in [1.29, 1.82) is 5.26 Å². The van der Waals surface area contributed by atoms with Gasteiger partial charge in [0.2, 0.25) is 0 Å². The third-order valence-corrected chi connectivity index (χ3v) is 2.50. The average Bonchev–Trinajstić information content (AvgIpc) is 2.27. The van der Waals surface area contributed by atoms with E-state index < -0.39 is 0 Å². The Kier molecular flexibility index (Phi) is 2.38. The quantitative estimate of drug-likeness (QED) is 0.720. The van der Waals surface area contributed by atoms with Gasteiger partial charge in [0.15, 0.2) is 0 Å². The molecular formula is C11H12N2O. The Morgan fingerprint density at radius 2 is 2.43 bits per heavy atom. The van der Waals surface area contributed by atoms with Crippen LogP contribution >= 0.6 is 0 Å². The van der Waals surface area contributed by atoms with E-state index in [1.54, 1.807) is 6.07 Å². The molecule has 0 radical (unpaired) electrons. The van der Waals surface area contributed by atoms with Gasteiger partial charge in [-0.1, -0.05) is 12.1 Å². The van der Waals surface area contributed by atoms with Crippen molar-refractivity contribution in [2.45, 2.75) is 18.9 Å². The lowest BCUT2D eigenvalue weighted by Crippen LogP contribution is -2.30. The lowest BCUT2D eigenvalue weighted by molar-refractivity contribution is 0.181. The Hall–Kier alpha value is -1.53. The molecule has 0 spiro atoms. The number of benzene rings is 1. The van der Waals surface area contributed by atoms with Crippen LogP contribution in [0.4, 0.5) is 0 Å². The molecule has 72 valence electrons. The molecule has 14 heavy (non-hydrogen) atoms. The molecule has 1 aliphatic heterocycles. The zero-order chi connectivity index (χ0) is 9.97. The molecule has 1 atom stereocenters. The molecule has 1 aromatic carbocycles. The van der Waals surface area contributed by atoms with E-state index >= 15 is 0 Å². The molecule has 3 nitrogen and oxygen atoms in total. The van der Waals surface area contributed by atoms with E-state index in [9.17, 15) is 0 Å². The van der Waals surface area contributed by atoms with Crippen molar-refractivity contribution in [3.05, 3.63) is 29.3 Å². The molecule has 0 saturated heterocycles. The largest absolute Gasteiger partial charge is 0.487 e. The van der Waals surface area contributed by atoms with Gasteiger partial charge in [-0.15, -0.1) is 0 Å². The van der Waals surface area contributed by atoms with Crippen LogP contribution in [0.25, 0.3) is 0 Å². The van der Waals surface area contributed by atoms with E-state index in [4.69, 9.17) is 15.7 Å². The summed E-state index contributed by atoms with van der Waals surface area (Å²) in [5.74, 6) is 0.733. The molecule has 0 saturated carbocycles. The second-order valence-electron chi connectivity index (χ2n) is 3.42. The summed E-state index contributed by atoms with van der Waals surface area (Å²) in [6.45, 7) is 0.513. The second-order valence-corrected chi connectivity index (χ2v) is 3.42. The molecule has 0 bridgehead atoms. The summed E-state index contributed by atoms with van der Waals surface area (Å²) < 4.78 is 5.66. The fourth-order valence-electron chi connectivity index (χ4n) is 1.72. The summed E-state index contributed by atoms with van der Waals surface area (Å²) in [5, 5.41) is 8.89. The Bertz CT molecular complexity index is 381. The molecule has 1 aromatic rings. The van der Waals surface area contributed by atoms with E-state index in [0.29, 0.717) is 12.1 Å². The van der Waals surface area contributed by atoms with Crippen molar-refractivity contribution < 1.29 is 4.74 Å². The Morgan fingerprint density at radius 1 is 1.57 bits per heavy atom. The summed E-state index contributed by atoms with van der Waals surface area (Å²) in [6.07, 6.45) is 1.96. The number of hydrogen-bond acceptors (Lipinski definition) is 3. The molecule has 0 aromatic heterocycles. The first kappa shape index (κ1) is 9.04. The van der Waals surface area contributed by atoms with Gasteiger partial charge in [-0.25, -0.2) is 0 Å². The lowest BCUT2D eigenvalue weighted by Gasteiger charge is -2.25. The Balaban J connectivity index is 2.39. The molecule has 0 fully saturated rings. The normalized spacial score (nSPS) is 19.3. The highest BCUT2D eigenvalue weighted by Crippen LogP contribution is 2.30. The van der Waals surface area contributed by atoms with Gasteiger partial charge in [0, 0.05) is 6.54 Å². The number of para-hydroxylation sites is 1. The highest BCUT2D eigenvalue weighted by molar-refractivity contribution is 5.49. The summed E-state index contributed by atoms with van der Waals surface area (Å²) >= 11 is 0. The summed E-state index contributed by atoms with van der Waals surface area (Å²) in [5.41, 5.74) is 7.27. The summed E-state index contributed by atoms with van der Waals surface area (Å²) in [7, 11) is 0. The van der Waals surface area contributed by atoms with Crippen molar-refractivity contribution in [3.8, 4) is 11.8 Å². The molecule has 1 aliphatic rings. The van der Waals surface area contributed by atoms with Crippen LogP contribution in [0.1, 0.15) is 17.5 Å². The number of hydrogen-bond donors (Lipinski definition) is 1. The molecule has 0 aliphatic carbocycles. The molecule has 2 rings (SSSR count). The maximum atomic E-state index is 8.89. The topological polar surface area (TPSA) is 59.0 Å². The predicted molar refractivity (Wildman–Crippen MR) is 52.9 cm³/mol. The minimum absolute atomic E-state index is 0.0667. The first-order valence-electron chi connectivity index (χ1n) is 4.74. The van der Waals surface area contributed by atoms with Crippen molar-refractivity contribution in [3.63, 3.8) is 0 Å². The number of nitrogens with zero attached hydrogens (tertiary/aromatic N) is 1. The first-order valence-corrected chi connectivity index (χ1v) is 4.74. The van der Waals surface area contributed by atoms with E-state index in [1.165, 1.54) is 0 Å². The van der Waals surface area contributed by atoms with E-state index in [1.807, 2.05) is 12.1 Å². The minimum Gasteiger partial charge on any atom is -0.487 e. The third kappa shape index (κ3) is 1.45. The van der Waals surface area contributed by atoms with Crippen LogP contribution in [0.5, 0.6) is 5.75 Å². The number of rotatable bonds is 1. The molecule has 0 amide bonds. The number of nitriles is 1. The van der Waals surface area contributed by atoms with Crippen LogP contribution in [-0.2, 0) is 6.42 Å². The Labute approximate surface area is 83.1 Å².